The smallest absolute Gasteiger partial charge is 0.245 e. The number of ketones is 1. The molecule has 1 aliphatic rings. The Morgan fingerprint density at radius 3 is 3.00 bits per heavy atom. The van der Waals surface area contributed by atoms with E-state index in [2.05, 4.69) is 4.98 Å². The Morgan fingerprint density at radius 1 is 1.43 bits per heavy atom. The van der Waals surface area contributed by atoms with Crippen molar-refractivity contribution in [3.8, 4) is 0 Å². The van der Waals surface area contributed by atoms with Crippen LogP contribution in [-0.4, -0.2) is 36.1 Å². The van der Waals surface area contributed by atoms with Gasteiger partial charge < -0.3 is 0 Å². The maximum Gasteiger partial charge on any atom is 0.245 e. The van der Waals surface area contributed by atoms with Crippen LogP contribution in [-0.2, 0) is 14.8 Å². The first-order valence-corrected chi connectivity index (χ1v) is 9.17. The van der Waals surface area contributed by atoms with Crippen LogP contribution in [0.25, 0.3) is 10.2 Å². The molecule has 0 N–H and O–H groups in total. The summed E-state index contributed by atoms with van der Waals surface area (Å²) in [4.78, 5) is 16.1. The van der Waals surface area contributed by atoms with Gasteiger partial charge in [0.1, 0.15) is 10.7 Å². The van der Waals surface area contributed by atoms with E-state index in [9.17, 15) is 13.2 Å². The summed E-state index contributed by atoms with van der Waals surface area (Å²) in [5, 5.41) is 1.88. The molecule has 0 aromatic carbocycles. The summed E-state index contributed by atoms with van der Waals surface area (Å²) >= 11 is 1.46. The fraction of sp³-hybridized carbons (Fsp3) is 0.429. The molecule has 5 nitrogen and oxygen atoms in total. The standard InChI is InChI=1S/C14H16N2O3S2/c1-10(17)13-4-2-3-6-16(13)21(18,19)11-8-14-12(15-9-11)5-7-20-14/h5,7-9,13H,2-4,6H2,1H3. The van der Waals surface area contributed by atoms with Crippen LogP contribution in [0.5, 0.6) is 0 Å². The minimum Gasteiger partial charge on any atom is -0.298 e. The molecule has 7 heteroatoms. The number of carbonyl (C=O) groups is 1. The van der Waals surface area contributed by atoms with Crippen molar-refractivity contribution in [3.63, 3.8) is 0 Å². The monoisotopic (exact) mass is 324 g/mol. The molecule has 1 aliphatic heterocycles. The molecule has 1 unspecified atom stereocenters. The van der Waals surface area contributed by atoms with Gasteiger partial charge in [0.05, 0.1) is 16.3 Å². The molecule has 0 spiro atoms. The number of hydrogen-bond acceptors (Lipinski definition) is 5. The summed E-state index contributed by atoms with van der Waals surface area (Å²) in [5.74, 6) is -0.0940. The second-order valence-corrected chi connectivity index (χ2v) is 8.05. The lowest BCUT2D eigenvalue weighted by Gasteiger charge is -2.32. The second kappa shape index (κ2) is 5.47. The highest BCUT2D eigenvalue weighted by atomic mass is 32.2. The maximum absolute atomic E-state index is 12.8. The number of hydrogen-bond donors (Lipinski definition) is 0. The zero-order chi connectivity index (χ0) is 15.0. The number of sulfonamides is 1. The van der Waals surface area contributed by atoms with Gasteiger partial charge in [-0.1, -0.05) is 6.42 Å². The van der Waals surface area contributed by atoms with E-state index in [0.717, 1.165) is 23.1 Å². The number of fused-ring (bicyclic) bond motifs is 1. The highest BCUT2D eigenvalue weighted by molar-refractivity contribution is 7.89. The molecule has 0 aliphatic carbocycles. The molecule has 1 fully saturated rings. The van der Waals surface area contributed by atoms with Crippen LogP contribution in [0.1, 0.15) is 26.2 Å². The molecule has 0 bridgehead atoms. The van der Waals surface area contributed by atoms with Gasteiger partial charge >= 0.3 is 0 Å². The Hall–Kier alpha value is -1.31. The van der Waals surface area contributed by atoms with Crippen LogP contribution < -0.4 is 0 Å². The Balaban J connectivity index is 2.03. The second-order valence-electron chi connectivity index (χ2n) is 5.21. The van der Waals surface area contributed by atoms with Crippen molar-refractivity contribution in [2.75, 3.05) is 6.54 Å². The Labute approximate surface area is 127 Å². The minimum absolute atomic E-state index is 0.0940. The lowest BCUT2D eigenvalue weighted by atomic mass is 10.0. The first kappa shape index (κ1) is 14.6. The van der Waals surface area contributed by atoms with Crippen LogP contribution in [0.4, 0.5) is 0 Å². The number of piperidine rings is 1. The zero-order valence-electron chi connectivity index (χ0n) is 11.7. The topological polar surface area (TPSA) is 67.3 Å². The largest absolute Gasteiger partial charge is 0.298 e. The molecule has 112 valence electrons. The van der Waals surface area contributed by atoms with E-state index >= 15 is 0 Å². The third kappa shape index (κ3) is 2.61. The van der Waals surface area contributed by atoms with Crippen molar-refractivity contribution in [2.24, 2.45) is 0 Å². The van der Waals surface area contributed by atoms with Crippen molar-refractivity contribution in [3.05, 3.63) is 23.7 Å². The molecule has 3 rings (SSSR count). The summed E-state index contributed by atoms with van der Waals surface area (Å²) in [6.07, 6.45) is 3.66. The molecule has 3 heterocycles. The van der Waals surface area contributed by atoms with Crippen molar-refractivity contribution in [1.82, 2.24) is 9.29 Å². The number of thiophene rings is 1. The van der Waals surface area contributed by atoms with E-state index in [0.29, 0.717) is 13.0 Å². The van der Waals surface area contributed by atoms with Gasteiger partial charge in [-0.05, 0) is 37.3 Å². The van der Waals surface area contributed by atoms with Gasteiger partial charge in [0.2, 0.25) is 10.0 Å². The summed E-state index contributed by atoms with van der Waals surface area (Å²) < 4.78 is 27.8. The predicted octanol–water partition coefficient (Wildman–Crippen LogP) is 2.43. The van der Waals surface area contributed by atoms with Crippen molar-refractivity contribution >= 4 is 37.4 Å². The summed E-state index contributed by atoms with van der Waals surface area (Å²) in [6.45, 7) is 1.86. The third-order valence-electron chi connectivity index (χ3n) is 3.81. The van der Waals surface area contributed by atoms with Crippen molar-refractivity contribution in [2.45, 2.75) is 37.1 Å². The van der Waals surface area contributed by atoms with E-state index < -0.39 is 16.1 Å². The van der Waals surface area contributed by atoms with E-state index in [-0.39, 0.29) is 10.7 Å². The molecular formula is C14H16N2O3S2. The first-order chi connectivity index (χ1) is 10.00. The van der Waals surface area contributed by atoms with Gasteiger partial charge in [-0.15, -0.1) is 11.3 Å². The fourth-order valence-electron chi connectivity index (χ4n) is 2.70. The number of aromatic nitrogens is 1. The molecule has 1 saturated heterocycles. The molecule has 0 radical (unpaired) electrons. The summed E-state index contributed by atoms with van der Waals surface area (Å²) in [5.41, 5.74) is 0.792. The summed E-state index contributed by atoms with van der Waals surface area (Å²) in [6, 6.07) is 2.96. The number of nitrogens with zero attached hydrogens (tertiary/aromatic N) is 2. The SMILES string of the molecule is CC(=O)C1CCCCN1S(=O)(=O)c1cnc2ccsc2c1. The average molecular weight is 324 g/mol. The fourth-order valence-corrected chi connectivity index (χ4v) is 5.24. The van der Waals surface area contributed by atoms with Crippen LogP contribution in [0, 0.1) is 0 Å². The lowest BCUT2D eigenvalue weighted by molar-refractivity contribution is -0.121. The van der Waals surface area contributed by atoms with Crippen LogP contribution in [0.2, 0.25) is 0 Å². The quantitative estimate of drug-likeness (QED) is 0.869. The van der Waals surface area contributed by atoms with Crippen LogP contribution in [0.3, 0.4) is 0 Å². The van der Waals surface area contributed by atoms with Crippen LogP contribution in [0.15, 0.2) is 28.6 Å². The zero-order valence-corrected chi connectivity index (χ0v) is 13.3. The lowest BCUT2D eigenvalue weighted by Crippen LogP contribution is -2.47. The molecule has 0 saturated carbocycles. The van der Waals surface area contributed by atoms with E-state index in [1.807, 2.05) is 11.4 Å². The van der Waals surface area contributed by atoms with Gasteiger partial charge in [0.25, 0.3) is 0 Å². The molecule has 2 aromatic heterocycles. The molecule has 2 aromatic rings. The van der Waals surface area contributed by atoms with Gasteiger partial charge in [0, 0.05) is 12.7 Å². The molecular weight excluding hydrogens is 308 g/mol. The molecule has 0 amide bonds. The number of rotatable bonds is 3. The highest BCUT2D eigenvalue weighted by Gasteiger charge is 2.36. The van der Waals surface area contributed by atoms with Crippen molar-refractivity contribution in [1.29, 1.82) is 0 Å². The minimum atomic E-state index is -3.67. The van der Waals surface area contributed by atoms with Gasteiger partial charge in [-0.3, -0.25) is 9.78 Å². The van der Waals surface area contributed by atoms with Gasteiger partial charge in [0.15, 0.2) is 0 Å². The Kier molecular flexibility index (Phi) is 3.81. The van der Waals surface area contributed by atoms with Crippen molar-refractivity contribution < 1.29 is 13.2 Å². The Bertz CT molecular complexity index is 782. The van der Waals surface area contributed by atoms with E-state index in [4.69, 9.17) is 0 Å². The highest BCUT2D eigenvalue weighted by Crippen LogP contribution is 2.28. The average Bonchev–Trinajstić information content (AvgIpc) is 2.94. The van der Waals surface area contributed by atoms with Gasteiger partial charge in [-0.25, -0.2) is 8.42 Å². The first-order valence-electron chi connectivity index (χ1n) is 6.86. The molecule has 1 atom stereocenters. The van der Waals surface area contributed by atoms with E-state index in [1.165, 1.54) is 28.8 Å². The number of Topliss-reactive ketones (excluding diaryl/α,β-unsaturated/α-hetero) is 1. The number of pyridine rings is 1. The number of carbonyl (C=O) groups excluding carboxylic acids is 1. The normalized spacial score (nSPS) is 20.7. The summed E-state index contributed by atoms with van der Waals surface area (Å²) in [7, 11) is -3.67. The maximum atomic E-state index is 12.8. The van der Waals surface area contributed by atoms with E-state index in [1.54, 1.807) is 6.07 Å². The van der Waals surface area contributed by atoms with Gasteiger partial charge in [-0.2, -0.15) is 4.31 Å². The Morgan fingerprint density at radius 2 is 2.24 bits per heavy atom. The molecule has 21 heavy (non-hydrogen) atoms. The predicted molar refractivity (Wildman–Crippen MR) is 81.8 cm³/mol. The third-order valence-corrected chi connectivity index (χ3v) is 6.53. The van der Waals surface area contributed by atoms with Crippen LogP contribution >= 0.6 is 11.3 Å².